The Balaban J connectivity index is 4.12. The van der Waals surface area contributed by atoms with Crippen molar-refractivity contribution in [1.29, 1.82) is 0 Å². The molecule has 0 aliphatic rings. The van der Waals surface area contributed by atoms with Gasteiger partial charge < -0.3 is 36.9 Å². The first kappa shape index (κ1) is 33.1. The van der Waals surface area contributed by atoms with Gasteiger partial charge in [0.1, 0.15) is 24.5 Å². The fourth-order valence-corrected chi connectivity index (χ4v) is 4.71. The van der Waals surface area contributed by atoms with Crippen LogP contribution in [0.5, 0.6) is 0 Å². The van der Waals surface area contributed by atoms with Crippen LogP contribution in [0.1, 0.15) is 40.0 Å². The topological polar surface area (TPSA) is 192 Å². The first-order chi connectivity index (χ1) is 16.6. The summed E-state index contributed by atoms with van der Waals surface area (Å²) in [6, 6.07) is -2.44. The average Bonchev–Trinajstić information content (AvgIpc) is 2.81. The molecule has 0 spiro atoms. The van der Waals surface area contributed by atoms with Crippen LogP contribution in [0, 0.1) is 0 Å². The Morgan fingerprint density at radius 1 is 0.914 bits per heavy atom. The Morgan fingerprint density at radius 3 is 2.20 bits per heavy atom. The maximum absolute atomic E-state index is 12.3. The number of amides is 4. The van der Waals surface area contributed by atoms with Crippen molar-refractivity contribution in [3.05, 3.63) is 0 Å². The Hall–Kier alpha value is -1.87. The van der Waals surface area contributed by atoms with Crippen molar-refractivity contribution in [3.63, 3.8) is 0 Å². The van der Waals surface area contributed by atoms with E-state index in [9.17, 15) is 24.0 Å². The van der Waals surface area contributed by atoms with Crippen molar-refractivity contribution >= 4 is 51.0 Å². The molecule has 0 radical (unpaired) electrons. The Labute approximate surface area is 214 Å². The van der Waals surface area contributed by atoms with Crippen LogP contribution in [0.15, 0.2) is 0 Å². The van der Waals surface area contributed by atoms with E-state index < -0.39 is 35.8 Å². The summed E-state index contributed by atoms with van der Waals surface area (Å²) in [5.41, 5.74) is 11.2. The Morgan fingerprint density at radius 2 is 1.57 bits per heavy atom. The number of primary amides is 1. The molecule has 0 aliphatic carbocycles. The third-order valence-electron chi connectivity index (χ3n) is 4.40. The molecule has 202 valence electrons. The van der Waals surface area contributed by atoms with Crippen LogP contribution in [0.2, 0.25) is 0 Å². The zero-order valence-electron chi connectivity index (χ0n) is 20.6. The van der Waals surface area contributed by atoms with Gasteiger partial charge in [-0.3, -0.25) is 24.0 Å². The van der Waals surface area contributed by atoms with Gasteiger partial charge in [0.25, 0.3) is 0 Å². The molecule has 0 aromatic heterocycles. The highest BCUT2D eigenvalue weighted by Gasteiger charge is 2.23. The number of hydrogen-bond acceptors (Lipinski definition) is 10. The lowest BCUT2D eigenvalue weighted by molar-refractivity contribution is -0.132. The summed E-state index contributed by atoms with van der Waals surface area (Å²) in [6.45, 7) is 6.01. The van der Waals surface area contributed by atoms with Gasteiger partial charge in [-0.1, -0.05) is 35.4 Å². The van der Waals surface area contributed by atoms with Crippen LogP contribution in [-0.4, -0.2) is 92.0 Å². The molecule has 0 saturated heterocycles. The largest absolute Gasteiger partial charge is 0.377 e. The standard InChI is InChI=1S/C21H39N5O7S2/c1-4-6-17(27)15(22)12-34-35-13-16(20(23)30)26-21(31)14(3)25-19(29)11-33-10-9-32-8-7-24-18(28)5-2/h14-16H,4-13,22H2,1-3H3,(H2,23,30)(H,24,28)(H,25,29)(H,26,31). The average molecular weight is 538 g/mol. The summed E-state index contributed by atoms with van der Waals surface area (Å²) in [7, 11) is 2.60. The number of carbonyl (C=O) groups excluding carboxylic acids is 5. The second-order valence-corrected chi connectivity index (χ2v) is 10.1. The molecule has 0 rings (SSSR count). The van der Waals surface area contributed by atoms with E-state index in [0.29, 0.717) is 31.7 Å². The van der Waals surface area contributed by atoms with E-state index in [-0.39, 0.29) is 37.3 Å². The SMILES string of the molecule is CCCC(=O)C(N)CSSCC(NC(=O)C(C)NC(=O)COCCOCCNC(=O)CC)C(N)=O. The van der Waals surface area contributed by atoms with Gasteiger partial charge in [-0.15, -0.1) is 0 Å². The number of ketones is 1. The first-order valence-electron chi connectivity index (χ1n) is 11.5. The van der Waals surface area contributed by atoms with Crippen molar-refractivity contribution in [1.82, 2.24) is 16.0 Å². The van der Waals surface area contributed by atoms with E-state index in [1.165, 1.54) is 28.5 Å². The van der Waals surface area contributed by atoms with E-state index in [2.05, 4.69) is 16.0 Å². The minimum Gasteiger partial charge on any atom is -0.377 e. The van der Waals surface area contributed by atoms with Crippen LogP contribution in [0.25, 0.3) is 0 Å². The quantitative estimate of drug-likeness (QED) is 0.0905. The van der Waals surface area contributed by atoms with Gasteiger partial charge in [-0.2, -0.15) is 0 Å². The molecule has 14 heteroatoms. The maximum atomic E-state index is 12.3. The number of carbonyl (C=O) groups is 5. The van der Waals surface area contributed by atoms with Crippen molar-refractivity contribution in [2.45, 2.75) is 58.2 Å². The predicted octanol–water partition coefficient (Wildman–Crippen LogP) is -0.901. The maximum Gasteiger partial charge on any atom is 0.246 e. The van der Waals surface area contributed by atoms with Crippen molar-refractivity contribution in [3.8, 4) is 0 Å². The number of hydrogen-bond donors (Lipinski definition) is 5. The van der Waals surface area contributed by atoms with Gasteiger partial charge in [0, 0.05) is 30.9 Å². The smallest absolute Gasteiger partial charge is 0.246 e. The van der Waals surface area contributed by atoms with E-state index in [0.717, 1.165) is 6.42 Å². The van der Waals surface area contributed by atoms with Crippen LogP contribution in [-0.2, 0) is 33.4 Å². The summed E-state index contributed by atoms with van der Waals surface area (Å²) in [5.74, 6) is -1.29. The molecule has 0 fully saturated rings. The molecular formula is C21H39N5O7S2. The fraction of sp³-hybridized carbons (Fsp3) is 0.762. The lowest BCUT2D eigenvalue weighted by atomic mass is 10.1. The monoisotopic (exact) mass is 537 g/mol. The molecule has 3 unspecified atom stereocenters. The summed E-state index contributed by atoms with van der Waals surface area (Å²) >= 11 is 0. The molecule has 0 heterocycles. The normalized spacial score (nSPS) is 13.4. The van der Waals surface area contributed by atoms with Gasteiger partial charge in [0.2, 0.25) is 23.6 Å². The highest BCUT2D eigenvalue weighted by atomic mass is 33.1. The highest BCUT2D eigenvalue weighted by Crippen LogP contribution is 2.23. The number of nitrogens with two attached hydrogens (primary N) is 2. The molecule has 0 aromatic rings. The van der Waals surface area contributed by atoms with Gasteiger partial charge in [-0.05, 0) is 13.3 Å². The molecule has 0 aromatic carbocycles. The third kappa shape index (κ3) is 17.2. The van der Waals surface area contributed by atoms with Crippen LogP contribution in [0.3, 0.4) is 0 Å². The Kier molecular flexibility index (Phi) is 19.2. The van der Waals surface area contributed by atoms with E-state index in [4.69, 9.17) is 20.9 Å². The van der Waals surface area contributed by atoms with Gasteiger partial charge in [0.05, 0.1) is 25.9 Å². The zero-order valence-corrected chi connectivity index (χ0v) is 22.3. The van der Waals surface area contributed by atoms with E-state index >= 15 is 0 Å². The second kappa shape index (κ2) is 20.3. The summed E-state index contributed by atoms with van der Waals surface area (Å²) in [4.78, 5) is 58.8. The molecule has 7 N–H and O–H groups in total. The first-order valence-corrected chi connectivity index (χ1v) is 13.9. The second-order valence-electron chi connectivity index (χ2n) is 7.51. The highest BCUT2D eigenvalue weighted by molar-refractivity contribution is 8.76. The summed E-state index contributed by atoms with van der Waals surface area (Å²) < 4.78 is 10.5. The van der Waals surface area contributed by atoms with Crippen LogP contribution >= 0.6 is 21.6 Å². The van der Waals surface area contributed by atoms with Crippen molar-refractivity contribution in [2.24, 2.45) is 11.5 Å². The fourth-order valence-electron chi connectivity index (χ4n) is 2.38. The Bertz CT molecular complexity index is 684. The molecule has 0 bridgehead atoms. The molecule has 12 nitrogen and oxygen atoms in total. The molecule has 0 saturated carbocycles. The third-order valence-corrected chi connectivity index (χ3v) is 6.85. The molecule has 35 heavy (non-hydrogen) atoms. The minimum absolute atomic E-state index is 0.0150. The number of nitrogens with one attached hydrogen (secondary N) is 3. The molecular weight excluding hydrogens is 498 g/mol. The van der Waals surface area contributed by atoms with Crippen LogP contribution < -0.4 is 27.4 Å². The predicted molar refractivity (Wildman–Crippen MR) is 136 cm³/mol. The molecule has 4 amide bonds. The summed E-state index contributed by atoms with van der Waals surface area (Å²) in [5, 5.41) is 7.65. The van der Waals surface area contributed by atoms with Gasteiger partial charge in [0.15, 0.2) is 0 Å². The number of rotatable bonds is 21. The molecule has 0 aliphatic heterocycles. The van der Waals surface area contributed by atoms with E-state index in [1.54, 1.807) is 6.92 Å². The van der Waals surface area contributed by atoms with Crippen molar-refractivity contribution in [2.75, 3.05) is 44.5 Å². The van der Waals surface area contributed by atoms with Crippen molar-refractivity contribution < 1.29 is 33.4 Å². The van der Waals surface area contributed by atoms with E-state index in [1.807, 2.05) is 6.92 Å². The minimum atomic E-state index is -0.947. The number of ether oxygens (including phenoxy) is 2. The zero-order chi connectivity index (χ0) is 26.6. The van der Waals surface area contributed by atoms with Gasteiger partial charge >= 0.3 is 0 Å². The van der Waals surface area contributed by atoms with Gasteiger partial charge in [-0.25, -0.2) is 0 Å². The number of Topliss-reactive ketones (excluding diaryl/α,β-unsaturated/α-hetero) is 1. The summed E-state index contributed by atoms with van der Waals surface area (Å²) in [6.07, 6.45) is 1.57. The lowest BCUT2D eigenvalue weighted by Crippen LogP contribution is -2.53. The lowest BCUT2D eigenvalue weighted by Gasteiger charge is -2.19. The molecule has 3 atom stereocenters. The van der Waals surface area contributed by atoms with Crippen LogP contribution in [0.4, 0.5) is 0 Å².